The maximum atomic E-state index is 5.61. The highest BCUT2D eigenvalue weighted by Gasteiger charge is 2.05. The van der Waals surface area contributed by atoms with Crippen molar-refractivity contribution in [3.05, 3.63) is 49.1 Å². The Labute approximate surface area is 82.0 Å². The second-order valence-corrected chi connectivity index (χ2v) is 3.08. The minimum Gasteiger partial charge on any atom is -0.205 e. The monoisotopic (exact) mass is 188 g/mol. The largest absolute Gasteiger partial charge is 0.207 e. The molecule has 0 aliphatic heterocycles. The van der Waals surface area contributed by atoms with Crippen LogP contribution in [0.15, 0.2) is 49.1 Å². The predicted molar refractivity (Wildman–Crippen MR) is 52.6 cm³/mol. The second kappa shape index (κ2) is 3.33. The van der Waals surface area contributed by atoms with Crippen LogP contribution in [0.3, 0.4) is 0 Å². The zero-order valence-electron chi connectivity index (χ0n) is 7.67. The summed E-state index contributed by atoms with van der Waals surface area (Å²) in [4.78, 5) is 0. The van der Waals surface area contributed by atoms with Crippen LogP contribution < -0.4 is 21.0 Å². The lowest BCUT2D eigenvalue weighted by atomic mass is 10.1. The Morgan fingerprint density at radius 1 is 0.786 bits per heavy atom. The molecule has 0 aliphatic rings. The van der Waals surface area contributed by atoms with Crippen molar-refractivity contribution in [1.82, 2.24) is 0 Å². The van der Waals surface area contributed by atoms with E-state index in [0.29, 0.717) is 0 Å². The number of nitrogens with zero attached hydrogens (tertiary/aromatic N) is 2. The van der Waals surface area contributed by atoms with Crippen LogP contribution in [0, 0.1) is 0 Å². The first kappa shape index (κ1) is 8.50. The molecule has 2 aromatic rings. The zero-order valence-corrected chi connectivity index (χ0v) is 7.67. The SMILES string of the molecule is N[n+]1cccc(-c2ccc[n+](N)c2)c1. The fourth-order valence-electron chi connectivity index (χ4n) is 1.33. The van der Waals surface area contributed by atoms with Gasteiger partial charge in [-0.05, 0) is 12.1 Å². The van der Waals surface area contributed by atoms with Gasteiger partial charge in [-0.2, -0.15) is 0 Å². The average Bonchev–Trinajstić information content (AvgIpc) is 2.18. The molecule has 0 saturated heterocycles. The van der Waals surface area contributed by atoms with Gasteiger partial charge in [-0.1, -0.05) is 9.35 Å². The molecule has 0 saturated carbocycles. The Morgan fingerprint density at radius 3 is 1.57 bits per heavy atom. The molecule has 0 unspecified atom stereocenters. The summed E-state index contributed by atoms with van der Waals surface area (Å²) in [5, 5.41) is 0. The number of hydrogen-bond acceptors (Lipinski definition) is 2. The first-order valence-corrected chi connectivity index (χ1v) is 4.29. The van der Waals surface area contributed by atoms with Gasteiger partial charge in [-0.3, -0.25) is 0 Å². The fourth-order valence-corrected chi connectivity index (χ4v) is 1.33. The molecular weight excluding hydrogens is 176 g/mol. The third-order valence-corrected chi connectivity index (χ3v) is 1.98. The van der Waals surface area contributed by atoms with E-state index in [4.69, 9.17) is 11.7 Å². The van der Waals surface area contributed by atoms with Gasteiger partial charge < -0.3 is 0 Å². The van der Waals surface area contributed by atoms with Gasteiger partial charge >= 0.3 is 0 Å². The van der Waals surface area contributed by atoms with Crippen molar-refractivity contribution in [3.8, 4) is 11.1 Å². The first-order chi connectivity index (χ1) is 6.75. The summed E-state index contributed by atoms with van der Waals surface area (Å²) < 4.78 is 3.03. The van der Waals surface area contributed by atoms with Crippen LogP contribution in [0.5, 0.6) is 0 Å². The van der Waals surface area contributed by atoms with E-state index in [-0.39, 0.29) is 0 Å². The van der Waals surface area contributed by atoms with Gasteiger partial charge in [-0.15, -0.1) is 0 Å². The van der Waals surface area contributed by atoms with E-state index >= 15 is 0 Å². The molecule has 0 bridgehead atoms. The van der Waals surface area contributed by atoms with E-state index in [0.717, 1.165) is 11.1 Å². The number of nitrogen functional groups attached to an aromatic ring is 2. The van der Waals surface area contributed by atoms with Crippen LogP contribution in [-0.2, 0) is 0 Å². The average molecular weight is 188 g/mol. The topological polar surface area (TPSA) is 59.8 Å². The van der Waals surface area contributed by atoms with Crippen molar-refractivity contribution in [2.75, 3.05) is 11.7 Å². The molecule has 2 rings (SSSR count). The second-order valence-electron chi connectivity index (χ2n) is 3.08. The van der Waals surface area contributed by atoms with Crippen molar-refractivity contribution in [2.24, 2.45) is 0 Å². The molecule has 0 aliphatic carbocycles. The molecule has 0 amide bonds. The minimum atomic E-state index is 1.04. The summed E-state index contributed by atoms with van der Waals surface area (Å²) in [6, 6.07) is 7.75. The van der Waals surface area contributed by atoms with Crippen molar-refractivity contribution >= 4 is 0 Å². The highest BCUT2D eigenvalue weighted by atomic mass is 15.3. The smallest absolute Gasteiger partial charge is 0.205 e. The molecule has 70 valence electrons. The van der Waals surface area contributed by atoms with Crippen molar-refractivity contribution < 1.29 is 9.35 Å². The molecule has 4 heteroatoms. The van der Waals surface area contributed by atoms with E-state index in [1.807, 2.05) is 36.7 Å². The van der Waals surface area contributed by atoms with Crippen molar-refractivity contribution in [3.63, 3.8) is 0 Å². The van der Waals surface area contributed by atoms with E-state index in [1.54, 1.807) is 12.4 Å². The van der Waals surface area contributed by atoms with Crippen LogP contribution in [0.1, 0.15) is 0 Å². The molecule has 14 heavy (non-hydrogen) atoms. The van der Waals surface area contributed by atoms with Crippen LogP contribution in [0.25, 0.3) is 11.1 Å². The Morgan fingerprint density at radius 2 is 1.21 bits per heavy atom. The third-order valence-electron chi connectivity index (χ3n) is 1.98. The summed E-state index contributed by atoms with van der Waals surface area (Å²) in [6.07, 6.45) is 7.25. The lowest BCUT2D eigenvalue weighted by Gasteiger charge is -1.95. The quantitative estimate of drug-likeness (QED) is 0.462. The van der Waals surface area contributed by atoms with Gasteiger partial charge in [0.2, 0.25) is 12.4 Å². The number of nitrogens with two attached hydrogens (primary N) is 2. The summed E-state index contributed by atoms with van der Waals surface area (Å²) in [7, 11) is 0. The molecule has 0 aromatic carbocycles. The third kappa shape index (κ3) is 1.64. The van der Waals surface area contributed by atoms with Crippen LogP contribution in [0.4, 0.5) is 0 Å². The van der Waals surface area contributed by atoms with E-state index in [9.17, 15) is 0 Å². The number of aromatic nitrogens is 2. The van der Waals surface area contributed by atoms with Crippen molar-refractivity contribution in [1.29, 1.82) is 0 Å². The van der Waals surface area contributed by atoms with Crippen molar-refractivity contribution in [2.45, 2.75) is 0 Å². The maximum Gasteiger partial charge on any atom is 0.207 e. The van der Waals surface area contributed by atoms with Crippen LogP contribution in [0.2, 0.25) is 0 Å². The van der Waals surface area contributed by atoms with Gasteiger partial charge in [0.15, 0.2) is 12.4 Å². The minimum absolute atomic E-state index is 1.04. The summed E-state index contributed by atoms with van der Waals surface area (Å²) in [6.45, 7) is 0. The molecule has 0 spiro atoms. The first-order valence-electron chi connectivity index (χ1n) is 4.29. The fraction of sp³-hybridized carbons (Fsp3) is 0. The van der Waals surface area contributed by atoms with Gasteiger partial charge in [0, 0.05) is 12.1 Å². The van der Waals surface area contributed by atoms with E-state index < -0.39 is 0 Å². The maximum absolute atomic E-state index is 5.61. The molecule has 0 fully saturated rings. The van der Waals surface area contributed by atoms with E-state index in [2.05, 4.69) is 0 Å². The van der Waals surface area contributed by atoms with Gasteiger partial charge in [0.1, 0.15) is 0 Å². The Balaban J connectivity index is 2.49. The van der Waals surface area contributed by atoms with Crippen LogP contribution in [-0.4, -0.2) is 0 Å². The highest BCUT2D eigenvalue weighted by Crippen LogP contribution is 2.13. The Bertz CT molecular complexity index is 410. The normalized spacial score (nSPS) is 10.0. The molecule has 4 N–H and O–H groups in total. The van der Waals surface area contributed by atoms with E-state index in [1.165, 1.54) is 9.35 Å². The number of pyridine rings is 2. The number of hydrogen-bond donors (Lipinski definition) is 2. The molecular formula is C10H12N4+2. The Kier molecular flexibility index (Phi) is 2.02. The van der Waals surface area contributed by atoms with Gasteiger partial charge in [0.05, 0.1) is 11.1 Å². The summed E-state index contributed by atoms with van der Waals surface area (Å²) >= 11 is 0. The molecule has 2 aromatic heterocycles. The molecule has 0 atom stereocenters. The molecule has 2 heterocycles. The van der Waals surface area contributed by atoms with Gasteiger partial charge in [0.25, 0.3) is 0 Å². The number of rotatable bonds is 1. The standard InChI is InChI=1S/C10H12N4/c11-13-5-1-3-9(7-13)10-4-2-6-14(12)8-10/h1-8H,11-12H2/q+2. The summed E-state index contributed by atoms with van der Waals surface area (Å²) in [5.74, 6) is 11.2. The molecule has 0 radical (unpaired) electrons. The lowest BCUT2D eigenvalue weighted by molar-refractivity contribution is -0.640. The van der Waals surface area contributed by atoms with Crippen LogP contribution >= 0.6 is 0 Å². The zero-order chi connectivity index (χ0) is 9.97. The van der Waals surface area contributed by atoms with Gasteiger partial charge in [-0.25, -0.2) is 11.7 Å². The lowest BCUT2D eigenvalue weighted by Crippen LogP contribution is -2.44. The molecule has 4 nitrogen and oxygen atoms in total. The summed E-state index contributed by atoms with van der Waals surface area (Å²) in [5.41, 5.74) is 2.07. The highest BCUT2D eigenvalue weighted by molar-refractivity contribution is 5.59. The Hall–Kier alpha value is -2.10. The predicted octanol–water partition coefficient (Wildman–Crippen LogP) is -0.644.